The lowest BCUT2D eigenvalue weighted by molar-refractivity contribution is 0.230. The first-order chi connectivity index (χ1) is 5.27. The Morgan fingerprint density at radius 3 is 2.45 bits per heavy atom. The molecule has 1 heterocycles. The highest BCUT2D eigenvalue weighted by Gasteiger charge is 2.36. The topological polar surface area (TPSA) is 20.3 Å². The van der Waals surface area contributed by atoms with E-state index in [9.17, 15) is 4.79 Å². The van der Waals surface area contributed by atoms with Gasteiger partial charge in [0.25, 0.3) is 0 Å². The second-order valence-corrected chi connectivity index (χ2v) is 3.91. The maximum Gasteiger partial charge on any atom is 0.316 e. The summed E-state index contributed by atoms with van der Waals surface area (Å²) in [6, 6.07) is 0. The predicted octanol–water partition coefficient (Wildman–Crippen LogP) is 2.08. The van der Waals surface area contributed by atoms with Gasteiger partial charge >= 0.3 is 5.37 Å². The van der Waals surface area contributed by atoms with E-state index in [2.05, 4.69) is 0 Å². The third-order valence-electron chi connectivity index (χ3n) is 2.76. The number of halogens is 1. The van der Waals surface area contributed by atoms with Crippen molar-refractivity contribution in [1.29, 1.82) is 0 Å². The highest BCUT2D eigenvalue weighted by atomic mass is 35.5. The van der Waals surface area contributed by atoms with E-state index < -0.39 is 0 Å². The van der Waals surface area contributed by atoms with Gasteiger partial charge in [0.05, 0.1) is 0 Å². The zero-order valence-electron chi connectivity index (χ0n) is 6.42. The summed E-state index contributed by atoms with van der Waals surface area (Å²) in [5.41, 5.74) is 0. The molecule has 1 aliphatic heterocycles. The average molecular weight is 174 g/mol. The Morgan fingerprint density at radius 1 is 1.27 bits per heavy atom. The van der Waals surface area contributed by atoms with Gasteiger partial charge < -0.3 is 4.90 Å². The second-order valence-electron chi connectivity index (χ2n) is 3.59. The van der Waals surface area contributed by atoms with Gasteiger partial charge in [-0.15, -0.1) is 0 Å². The Hall–Kier alpha value is -0.240. The first-order valence-corrected chi connectivity index (χ1v) is 4.59. The summed E-state index contributed by atoms with van der Waals surface area (Å²) in [7, 11) is 0. The molecule has 0 spiro atoms. The first-order valence-electron chi connectivity index (χ1n) is 4.22. The lowest BCUT2D eigenvalue weighted by Crippen LogP contribution is -2.23. The van der Waals surface area contributed by atoms with E-state index in [-0.39, 0.29) is 5.37 Å². The number of nitrogens with zero attached hydrogens (tertiary/aromatic N) is 1. The number of likely N-dealkylation sites (tertiary alicyclic amines) is 1. The molecule has 2 fully saturated rings. The van der Waals surface area contributed by atoms with Crippen LogP contribution in [-0.2, 0) is 0 Å². The summed E-state index contributed by atoms with van der Waals surface area (Å²) in [4.78, 5) is 12.5. The molecule has 1 unspecified atom stereocenters. The minimum atomic E-state index is -0.270. The van der Waals surface area contributed by atoms with Crippen molar-refractivity contribution in [3.63, 3.8) is 0 Å². The molecule has 2 aliphatic rings. The minimum absolute atomic E-state index is 0.270. The van der Waals surface area contributed by atoms with E-state index >= 15 is 0 Å². The molecule has 0 radical (unpaired) electrons. The van der Waals surface area contributed by atoms with E-state index in [0.717, 1.165) is 24.9 Å². The molecular weight excluding hydrogens is 162 g/mol. The highest BCUT2D eigenvalue weighted by molar-refractivity contribution is 6.62. The molecule has 1 saturated carbocycles. The van der Waals surface area contributed by atoms with Gasteiger partial charge in [0.1, 0.15) is 0 Å². The van der Waals surface area contributed by atoms with Gasteiger partial charge in [-0.3, -0.25) is 4.79 Å². The molecule has 0 aromatic heterocycles. The van der Waals surface area contributed by atoms with Crippen LogP contribution in [0.5, 0.6) is 0 Å². The Balaban J connectivity index is 1.87. The highest BCUT2D eigenvalue weighted by Crippen LogP contribution is 2.41. The molecule has 1 saturated heterocycles. The van der Waals surface area contributed by atoms with E-state index in [0.29, 0.717) is 0 Å². The average Bonchev–Trinajstić information content (AvgIpc) is 2.68. The van der Waals surface area contributed by atoms with Crippen molar-refractivity contribution in [2.45, 2.75) is 19.3 Å². The Bertz CT molecular complexity index is 179. The summed E-state index contributed by atoms with van der Waals surface area (Å²) in [6.07, 6.45) is 3.91. The Labute approximate surface area is 71.5 Å². The molecule has 1 aliphatic carbocycles. The normalized spacial score (nSPS) is 31.0. The van der Waals surface area contributed by atoms with Crippen LogP contribution in [0.15, 0.2) is 0 Å². The number of hydrogen-bond acceptors (Lipinski definition) is 1. The Morgan fingerprint density at radius 2 is 2.00 bits per heavy atom. The fourth-order valence-corrected chi connectivity index (χ4v) is 2.05. The summed E-state index contributed by atoms with van der Waals surface area (Å²) in [5, 5.41) is -0.270. The van der Waals surface area contributed by atoms with Gasteiger partial charge in [-0.05, 0) is 42.7 Å². The zero-order valence-corrected chi connectivity index (χ0v) is 7.18. The van der Waals surface area contributed by atoms with Crippen molar-refractivity contribution >= 4 is 17.0 Å². The van der Waals surface area contributed by atoms with Crippen LogP contribution in [0.2, 0.25) is 0 Å². The third kappa shape index (κ3) is 1.51. The third-order valence-corrected chi connectivity index (χ3v) is 3.00. The molecule has 11 heavy (non-hydrogen) atoms. The fraction of sp³-hybridized carbons (Fsp3) is 0.875. The van der Waals surface area contributed by atoms with Gasteiger partial charge in [0, 0.05) is 13.1 Å². The fourth-order valence-electron chi connectivity index (χ4n) is 1.90. The first kappa shape index (κ1) is 7.41. The molecule has 0 N–H and O–H groups in total. The van der Waals surface area contributed by atoms with Crippen molar-refractivity contribution in [2.75, 3.05) is 13.1 Å². The van der Waals surface area contributed by atoms with Crippen LogP contribution >= 0.6 is 11.6 Å². The largest absolute Gasteiger partial charge is 0.329 e. The lowest BCUT2D eigenvalue weighted by Gasteiger charge is -2.11. The predicted molar refractivity (Wildman–Crippen MR) is 43.7 cm³/mol. The van der Waals surface area contributed by atoms with Gasteiger partial charge in [0.15, 0.2) is 0 Å². The molecule has 2 rings (SSSR count). The maximum atomic E-state index is 10.7. The smallest absolute Gasteiger partial charge is 0.316 e. The number of rotatable bonds is 1. The number of carbonyl (C=O) groups excluding carboxylic acids is 1. The molecule has 1 atom stereocenters. The molecule has 0 bridgehead atoms. The quantitative estimate of drug-likeness (QED) is 0.439. The van der Waals surface area contributed by atoms with Gasteiger partial charge in [-0.2, -0.15) is 0 Å². The summed E-state index contributed by atoms with van der Waals surface area (Å²) in [6.45, 7) is 1.79. The zero-order chi connectivity index (χ0) is 7.84. The molecule has 0 aromatic carbocycles. The van der Waals surface area contributed by atoms with Crippen LogP contribution < -0.4 is 0 Å². The lowest BCUT2D eigenvalue weighted by atomic mass is 10.0. The van der Waals surface area contributed by atoms with E-state index in [1.54, 1.807) is 4.90 Å². The second kappa shape index (κ2) is 2.67. The van der Waals surface area contributed by atoms with Crippen LogP contribution in [0.3, 0.4) is 0 Å². The van der Waals surface area contributed by atoms with E-state index in [1.165, 1.54) is 19.3 Å². The van der Waals surface area contributed by atoms with E-state index in [4.69, 9.17) is 11.6 Å². The number of amides is 1. The summed E-state index contributed by atoms with van der Waals surface area (Å²) < 4.78 is 0. The Kier molecular flexibility index (Phi) is 1.80. The minimum Gasteiger partial charge on any atom is -0.329 e. The van der Waals surface area contributed by atoms with E-state index in [1.807, 2.05) is 0 Å². The van der Waals surface area contributed by atoms with Crippen LogP contribution in [0.4, 0.5) is 4.79 Å². The van der Waals surface area contributed by atoms with Crippen molar-refractivity contribution in [3.8, 4) is 0 Å². The SMILES string of the molecule is O=C(Cl)N1CCC(C2CC2)C1. The molecule has 1 amide bonds. The van der Waals surface area contributed by atoms with Crippen molar-refractivity contribution < 1.29 is 4.79 Å². The van der Waals surface area contributed by atoms with Crippen molar-refractivity contribution in [1.82, 2.24) is 4.90 Å². The van der Waals surface area contributed by atoms with Gasteiger partial charge in [-0.1, -0.05) is 0 Å². The van der Waals surface area contributed by atoms with Crippen LogP contribution in [-0.4, -0.2) is 23.4 Å². The van der Waals surface area contributed by atoms with Crippen LogP contribution in [0.1, 0.15) is 19.3 Å². The maximum absolute atomic E-state index is 10.7. The molecular formula is C8H12ClNO. The molecule has 62 valence electrons. The summed E-state index contributed by atoms with van der Waals surface area (Å²) >= 11 is 5.36. The summed E-state index contributed by atoms with van der Waals surface area (Å²) in [5.74, 6) is 1.67. The van der Waals surface area contributed by atoms with Crippen LogP contribution in [0.25, 0.3) is 0 Å². The number of hydrogen-bond donors (Lipinski definition) is 0. The molecule has 3 heteroatoms. The molecule has 0 aromatic rings. The monoisotopic (exact) mass is 173 g/mol. The van der Waals surface area contributed by atoms with Gasteiger partial charge in [0.2, 0.25) is 0 Å². The van der Waals surface area contributed by atoms with Crippen LogP contribution in [0, 0.1) is 11.8 Å². The number of carbonyl (C=O) groups is 1. The molecule has 2 nitrogen and oxygen atoms in total. The standard InChI is InChI=1S/C8H12ClNO/c9-8(11)10-4-3-7(5-10)6-1-2-6/h6-7H,1-5H2. The van der Waals surface area contributed by atoms with Crippen molar-refractivity contribution in [3.05, 3.63) is 0 Å². The van der Waals surface area contributed by atoms with Crippen molar-refractivity contribution in [2.24, 2.45) is 11.8 Å². The van der Waals surface area contributed by atoms with Gasteiger partial charge in [-0.25, -0.2) is 0 Å².